The fourth-order valence-corrected chi connectivity index (χ4v) is 2.46. The normalized spacial score (nSPS) is 18.8. The maximum absolute atomic E-state index is 11.7. The number of hydrogen-bond donors (Lipinski definition) is 1. The summed E-state index contributed by atoms with van der Waals surface area (Å²) in [6.45, 7) is 4.98. The van der Waals surface area contributed by atoms with Gasteiger partial charge in [-0.15, -0.1) is 0 Å². The highest BCUT2D eigenvalue weighted by Crippen LogP contribution is 2.49. The Morgan fingerprint density at radius 3 is 2.59 bits per heavy atom. The van der Waals surface area contributed by atoms with Crippen LogP contribution in [0, 0.1) is 11.3 Å². The molecule has 17 heavy (non-hydrogen) atoms. The molecule has 100 valence electrons. The van der Waals surface area contributed by atoms with E-state index >= 15 is 0 Å². The van der Waals surface area contributed by atoms with Crippen molar-refractivity contribution in [1.29, 1.82) is 0 Å². The zero-order valence-electron chi connectivity index (χ0n) is 11.2. The lowest BCUT2D eigenvalue weighted by molar-refractivity contribution is -0.146. The van der Waals surface area contributed by atoms with Gasteiger partial charge in [0.15, 0.2) is 0 Å². The van der Waals surface area contributed by atoms with E-state index in [2.05, 4.69) is 26.5 Å². The number of carbonyl (C=O) groups excluding carboxylic acids is 1. The second kappa shape index (κ2) is 7.30. The molecule has 1 fully saturated rings. The van der Waals surface area contributed by atoms with Gasteiger partial charge in [0.25, 0.3) is 0 Å². The Morgan fingerprint density at radius 1 is 1.41 bits per heavy atom. The standard InChI is InChI=1S/C14H26O2S/c1-3-5-6-12(4-2)10-16-13(15)9-14(11-17)7-8-14/h12,17H,3-11H2,1-2H3. The number of rotatable bonds is 9. The van der Waals surface area contributed by atoms with Gasteiger partial charge in [-0.3, -0.25) is 4.79 Å². The largest absolute Gasteiger partial charge is 0.465 e. The highest BCUT2D eigenvalue weighted by molar-refractivity contribution is 7.80. The molecule has 0 aromatic heterocycles. The summed E-state index contributed by atoms with van der Waals surface area (Å²) in [6, 6.07) is 0. The van der Waals surface area contributed by atoms with E-state index in [1.165, 1.54) is 19.3 Å². The lowest BCUT2D eigenvalue weighted by atomic mass is 10.0. The van der Waals surface area contributed by atoms with Crippen LogP contribution in [0.2, 0.25) is 0 Å². The third-order valence-electron chi connectivity index (χ3n) is 3.84. The van der Waals surface area contributed by atoms with Crippen molar-refractivity contribution in [3.05, 3.63) is 0 Å². The molecule has 0 saturated heterocycles. The number of ether oxygens (including phenoxy) is 1. The van der Waals surface area contributed by atoms with Gasteiger partial charge < -0.3 is 4.74 Å². The summed E-state index contributed by atoms with van der Waals surface area (Å²) in [7, 11) is 0. The third kappa shape index (κ3) is 5.33. The lowest BCUT2D eigenvalue weighted by Crippen LogP contribution is -2.18. The van der Waals surface area contributed by atoms with Crippen LogP contribution in [0.15, 0.2) is 0 Å². The predicted molar refractivity (Wildman–Crippen MR) is 74.4 cm³/mol. The summed E-state index contributed by atoms with van der Waals surface area (Å²) >= 11 is 4.30. The van der Waals surface area contributed by atoms with E-state index in [4.69, 9.17) is 4.74 Å². The highest BCUT2D eigenvalue weighted by Gasteiger charge is 2.43. The van der Waals surface area contributed by atoms with Crippen molar-refractivity contribution >= 4 is 18.6 Å². The minimum Gasteiger partial charge on any atom is -0.465 e. The van der Waals surface area contributed by atoms with Crippen LogP contribution in [-0.4, -0.2) is 18.3 Å². The molecule has 0 amide bonds. The molecule has 3 heteroatoms. The van der Waals surface area contributed by atoms with Gasteiger partial charge in [-0.2, -0.15) is 12.6 Å². The van der Waals surface area contributed by atoms with E-state index in [9.17, 15) is 4.79 Å². The number of unbranched alkanes of at least 4 members (excludes halogenated alkanes) is 1. The maximum atomic E-state index is 11.7. The number of thiol groups is 1. The molecular weight excluding hydrogens is 232 g/mol. The Balaban J connectivity index is 2.17. The van der Waals surface area contributed by atoms with Gasteiger partial charge in [-0.25, -0.2) is 0 Å². The Labute approximate surface area is 111 Å². The minimum atomic E-state index is -0.0218. The molecule has 0 bridgehead atoms. The monoisotopic (exact) mass is 258 g/mol. The van der Waals surface area contributed by atoms with Gasteiger partial charge in [-0.05, 0) is 36.3 Å². The van der Waals surface area contributed by atoms with Crippen molar-refractivity contribution < 1.29 is 9.53 Å². The first-order valence-corrected chi connectivity index (χ1v) is 7.55. The molecule has 1 saturated carbocycles. The molecule has 2 nitrogen and oxygen atoms in total. The molecule has 0 heterocycles. The van der Waals surface area contributed by atoms with E-state index < -0.39 is 0 Å². The predicted octanol–water partition coefficient (Wildman–Crippen LogP) is 3.85. The van der Waals surface area contributed by atoms with Crippen LogP contribution < -0.4 is 0 Å². The quantitative estimate of drug-likeness (QED) is 0.502. The van der Waals surface area contributed by atoms with E-state index in [0.29, 0.717) is 18.9 Å². The Morgan fingerprint density at radius 2 is 2.12 bits per heavy atom. The van der Waals surface area contributed by atoms with Gasteiger partial charge in [0, 0.05) is 0 Å². The highest BCUT2D eigenvalue weighted by atomic mass is 32.1. The maximum Gasteiger partial charge on any atom is 0.306 e. The first-order chi connectivity index (χ1) is 8.15. The topological polar surface area (TPSA) is 26.3 Å². The number of hydrogen-bond acceptors (Lipinski definition) is 3. The van der Waals surface area contributed by atoms with E-state index in [-0.39, 0.29) is 11.4 Å². The summed E-state index contributed by atoms with van der Waals surface area (Å²) in [5.41, 5.74) is 0.186. The van der Waals surface area contributed by atoms with Gasteiger partial charge >= 0.3 is 5.97 Å². The van der Waals surface area contributed by atoms with Crippen molar-refractivity contribution in [1.82, 2.24) is 0 Å². The molecule has 0 aromatic rings. The van der Waals surface area contributed by atoms with Crippen molar-refractivity contribution in [2.45, 2.75) is 58.8 Å². The zero-order valence-corrected chi connectivity index (χ0v) is 12.1. The van der Waals surface area contributed by atoms with Crippen LogP contribution in [0.25, 0.3) is 0 Å². The van der Waals surface area contributed by atoms with Crippen LogP contribution in [0.3, 0.4) is 0 Å². The fourth-order valence-electron chi connectivity index (χ4n) is 2.03. The van der Waals surface area contributed by atoms with Crippen molar-refractivity contribution in [2.75, 3.05) is 12.4 Å². The van der Waals surface area contributed by atoms with Crippen molar-refractivity contribution in [3.63, 3.8) is 0 Å². The van der Waals surface area contributed by atoms with E-state index in [1.54, 1.807) is 0 Å². The van der Waals surface area contributed by atoms with Crippen LogP contribution in [0.5, 0.6) is 0 Å². The second-order valence-electron chi connectivity index (χ2n) is 5.43. The Kier molecular flexibility index (Phi) is 6.39. The van der Waals surface area contributed by atoms with Gasteiger partial charge in [-0.1, -0.05) is 33.1 Å². The average Bonchev–Trinajstić information content (AvgIpc) is 3.10. The molecule has 1 aliphatic rings. The molecule has 1 aliphatic carbocycles. The van der Waals surface area contributed by atoms with Gasteiger partial charge in [0.05, 0.1) is 13.0 Å². The van der Waals surface area contributed by atoms with Gasteiger partial charge in [0.2, 0.25) is 0 Å². The molecule has 0 spiro atoms. The molecule has 1 atom stereocenters. The van der Waals surface area contributed by atoms with Crippen LogP contribution in [0.1, 0.15) is 58.8 Å². The van der Waals surface area contributed by atoms with Crippen molar-refractivity contribution in [2.24, 2.45) is 11.3 Å². The fraction of sp³-hybridized carbons (Fsp3) is 0.929. The summed E-state index contributed by atoms with van der Waals surface area (Å²) in [4.78, 5) is 11.7. The zero-order chi connectivity index (χ0) is 12.7. The molecule has 1 unspecified atom stereocenters. The Hall–Kier alpha value is -0.180. The first-order valence-electron chi connectivity index (χ1n) is 6.92. The van der Waals surface area contributed by atoms with Crippen LogP contribution in [-0.2, 0) is 9.53 Å². The number of carbonyl (C=O) groups is 1. The minimum absolute atomic E-state index is 0.0218. The van der Waals surface area contributed by atoms with Gasteiger partial charge in [0.1, 0.15) is 0 Å². The van der Waals surface area contributed by atoms with Crippen molar-refractivity contribution in [3.8, 4) is 0 Å². The van der Waals surface area contributed by atoms with E-state index in [1.807, 2.05) is 0 Å². The molecule has 0 aromatic carbocycles. The van der Waals surface area contributed by atoms with Crippen LogP contribution >= 0.6 is 12.6 Å². The molecule has 0 radical (unpaired) electrons. The Bertz CT molecular complexity index is 236. The third-order valence-corrected chi connectivity index (χ3v) is 4.51. The number of esters is 1. The molecule has 0 aliphatic heterocycles. The molecular formula is C14H26O2S. The summed E-state index contributed by atoms with van der Waals surface area (Å²) in [5.74, 6) is 1.34. The molecule has 1 rings (SSSR count). The lowest BCUT2D eigenvalue weighted by Gasteiger charge is -2.16. The summed E-state index contributed by atoms with van der Waals surface area (Å²) in [5, 5.41) is 0. The summed E-state index contributed by atoms with van der Waals surface area (Å²) in [6.07, 6.45) is 7.57. The van der Waals surface area contributed by atoms with E-state index in [0.717, 1.165) is 25.0 Å². The first kappa shape index (κ1) is 14.9. The SMILES string of the molecule is CCCCC(CC)COC(=O)CC1(CS)CC1. The average molecular weight is 258 g/mol. The summed E-state index contributed by atoms with van der Waals surface area (Å²) < 4.78 is 5.40. The second-order valence-corrected chi connectivity index (χ2v) is 5.75. The van der Waals surface area contributed by atoms with Crippen LogP contribution in [0.4, 0.5) is 0 Å². The molecule has 0 N–H and O–H groups in total. The smallest absolute Gasteiger partial charge is 0.306 e.